The number of alkyl halides is 3. The van der Waals surface area contributed by atoms with Crippen LogP contribution in [0.25, 0.3) is 6.08 Å². The van der Waals surface area contributed by atoms with E-state index in [4.69, 9.17) is 11.6 Å². The summed E-state index contributed by atoms with van der Waals surface area (Å²) < 4.78 is 71.9. The zero-order valence-electron chi connectivity index (χ0n) is 16.9. The Morgan fingerprint density at radius 2 is 1.79 bits per heavy atom. The third kappa shape index (κ3) is 6.33. The summed E-state index contributed by atoms with van der Waals surface area (Å²) >= 11 is 7.30. The number of halogens is 6. The fraction of sp³-hybridized carbons (Fsp3) is 0.130. The molecule has 33 heavy (non-hydrogen) atoms. The summed E-state index contributed by atoms with van der Waals surface area (Å²) in [7, 11) is 1.21. The van der Waals surface area contributed by atoms with Crippen LogP contribution in [0.4, 0.5) is 22.0 Å². The molecular formula is C23H15ClF5NO2S. The van der Waals surface area contributed by atoms with Gasteiger partial charge in [-0.05, 0) is 60.2 Å². The van der Waals surface area contributed by atoms with Gasteiger partial charge in [0.05, 0.1) is 28.6 Å². The predicted octanol–water partition coefficient (Wildman–Crippen LogP) is 7.10. The van der Waals surface area contributed by atoms with E-state index in [1.807, 2.05) is 0 Å². The van der Waals surface area contributed by atoms with Gasteiger partial charge in [0.2, 0.25) is 0 Å². The van der Waals surface area contributed by atoms with E-state index in [9.17, 15) is 26.7 Å². The molecule has 0 radical (unpaired) electrons. The standard InChI is InChI=1S/C23H15ClF5NO2S/c1-32-21(31)9-5-15-11-17(19(24)12-30-15)22(18-10-14(25)4-8-20(18)26)33-16-6-2-13(3-7-16)23(27,28)29/h2-12,22H,1H3/b9-5+. The van der Waals surface area contributed by atoms with Crippen molar-refractivity contribution < 1.29 is 31.5 Å². The topological polar surface area (TPSA) is 39.2 Å². The second-order valence-corrected chi connectivity index (χ2v) is 8.26. The predicted molar refractivity (Wildman–Crippen MR) is 116 cm³/mol. The Bertz CT molecular complexity index is 1180. The largest absolute Gasteiger partial charge is 0.466 e. The van der Waals surface area contributed by atoms with Crippen LogP contribution in [0, 0.1) is 11.6 Å². The summed E-state index contributed by atoms with van der Waals surface area (Å²) in [6.45, 7) is 0. The lowest BCUT2D eigenvalue weighted by atomic mass is 10.0. The van der Waals surface area contributed by atoms with Gasteiger partial charge in [-0.3, -0.25) is 4.98 Å². The number of nitrogens with zero attached hydrogens (tertiary/aromatic N) is 1. The number of carbonyl (C=O) groups excluding carboxylic acids is 1. The fourth-order valence-corrected chi connectivity index (χ4v) is 4.33. The molecule has 0 spiro atoms. The van der Waals surface area contributed by atoms with Crippen molar-refractivity contribution in [1.82, 2.24) is 4.98 Å². The van der Waals surface area contributed by atoms with E-state index >= 15 is 0 Å². The molecule has 3 aromatic rings. The number of methoxy groups -OCH3 is 1. The minimum absolute atomic E-state index is 0.0594. The Morgan fingerprint density at radius 1 is 1.09 bits per heavy atom. The SMILES string of the molecule is COC(=O)/C=C/c1cc(C(Sc2ccc(C(F)(F)F)cc2)c2cc(F)ccc2F)c(Cl)cn1. The zero-order valence-corrected chi connectivity index (χ0v) is 18.4. The molecule has 1 atom stereocenters. The monoisotopic (exact) mass is 499 g/mol. The maximum absolute atomic E-state index is 14.7. The van der Waals surface area contributed by atoms with E-state index in [1.165, 1.54) is 37.6 Å². The molecular weight excluding hydrogens is 485 g/mol. The van der Waals surface area contributed by atoms with E-state index in [1.54, 1.807) is 0 Å². The number of benzene rings is 2. The molecule has 0 N–H and O–H groups in total. The van der Waals surface area contributed by atoms with E-state index in [0.717, 1.165) is 48.2 Å². The second kappa shape index (κ2) is 10.4. The van der Waals surface area contributed by atoms with Gasteiger partial charge in [-0.15, -0.1) is 11.8 Å². The lowest BCUT2D eigenvalue weighted by Gasteiger charge is -2.20. The minimum atomic E-state index is -4.51. The molecule has 0 saturated carbocycles. The molecule has 0 saturated heterocycles. The first-order chi connectivity index (χ1) is 15.6. The van der Waals surface area contributed by atoms with Crippen LogP contribution in [0.3, 0.4) is 0 Å². The van der Waals surface area contributed by atoms with Gasteiger partial charge in [0.15, 0.2) is 0 Å². The van der Waals surface area contributed by atoms with E-state index in [2.05, 4.69) is 9.72 Å². The number of thioether (sulfide) groups is 1. The fourth-order valence-electron chi connectivity index (χ4n) is 2.85. The first-order valence-electron chi connectivity index (χ1n) is 9.29. The van der Waals surface area contributed by atoms with Crippen LogP contribution in [-0.4, -0.2) is 18.1 Å². The summed E-state index contributed by atoms with van der Waals surface area (Å²) in [6.07, 6.45) is -0.744. The van der Waals surface area contributed by atoms with Crippen LogP contribution in [-0.2, 0) is 15.7 Å². The van der Waals surface area contributed by atoms with Crippen molar-refractivity contribution in [2.24, 2.45) is 0 Å². The molecule has 0 aliphatic rings. The number of rotatable bonds is 6. The van der Waals surface area contributed by atoms with Crippen LogP contribution < -0.4 is 0 Å². The van der Waals surface area contributed by atoms with E-state index in [-0.39, 0.29) is 16.3 Å². The van der Waals surface area contributed by atoms with Gasteiger partial charge in [0, 0.05) is 22.7 Å². The third-order valence-electron chi connectivity index (χ3n) is 4.46. The highest BCUT2D eigenvalue weighted by Crippen LogP contribution is 2.44. The summed E-state index contributed by atoms with van der Waals surface area (Å²) in [5.74, 6) is -2.04. The number of esters is 1. The van der Waals surface area contributed by atoms with Gasteiger partial charge in [-0.2, -0.15) is 13.2 Å². The van der Waals surface area contributed by atoms with E-state index < -0.39 is 34.6 Å². The van der Waals surface area contributed by atoms with Crippen molar-refractivity contribution in [2.45, 2.75) is 16.3 Å². The molecule has 0 bridgehead atoms. The summed E-state index contributed by atoms with van der Waals surface area (Å²) in [6, 6.07) is 8.68. The van der Waals surface area contributed by atoms with Crippen molar-refractivity contribution in [3.8, 4) is 0 Å². The summed E-state index contributed by atoms with van der Waals surface area (Å²) in [5.41, 5.74) is -0.284. The van der Waals surface area contributed by atoms with Crippen molar-refractivity contribution in [3.63, 3.8) is 0 Å². The van der Waals surface area contributed by atoms with Gasteiger partial charge in [0.1, 0.15) is 11.6 Å². The Balaban J connectivity index is 2.07. The summed E-state index contributed by atoms with van der Waals surface area (Å²) in [4.78, 5) is 15.8. The first kappa shape index (κ1) is 24.7. The maximum atomic E-state index is 14.7. The smallest absolute Gasteiger partial charge is 0.416 e. The number of hydrogen-bond acceptors (Lipinski definition) is 4. The average molecular weight is 500 g/mol. The lowest BCUT2D eigenvalue weighted by Crippen LogP contribution is -2.05. The minimum Gasteiger partial charge on any atom is -0.466 e. The van der Waals surface area contributed by atoms with Crippen LogP contribution in [0.15, 0.2) is 65.7 Å². The number of aromatic nitrogens is 1. The molecule has 0 aliphatic heterocycles. The number of pyridine rings is 1. The van der Waals surface area contributed by atoms with Crippen LogP contribution >= 0.6 is 23.4 Å². The van der Waals surface area contributed by atoms with Crippen molar-refractivity contribution >= 4 is 35.4 Å². The average Bonchev–Trinajstić information content (AvgIpc) is 2.78. The molecule has 0 fully saturated rings. The Hall–Kier alpha value is -2.91. The lowest BCUT2D eigenvalue weighted by molar-refractivity contribution is -0.137. The molecule has 1 heterocycles. The van der Waals surface area contributed by atoms with Crippen molar-refractivity contribution in [2.75, 3.05) is 7.11 Å². The second-order valence-electron chi connectivity index (χ2n) is 6.67. The Kier molecular flexibility index (Phi) is 7.76. The first-order valence-corrected chi connectivity index (χ1v) is 10.5. The van der Waals surface area contributed by atoms with Crippen LogP contribution in [0.5, 0.6) is 0 Å². The zero-order chi connectivity index (χ0) is 24.2. The quantitative estimate of drug-likeness (QED) is 0.157. The Morgan fingerprint density at radius 3 is 2.42 bits per heavy atom. The van der Waals surface area contributed by atoms with Gasteiger partial charge in [0.25, 0.3) is 0 Å². The third-order valence-corrected chi connectivity index (χ3v) is 6.06. The highest BCUT2D eigenvalue weighted by atomic mass is 35.5. The van der Waals surface area contributed by atoms with Gasteiger partial charge >= 0.3 is 12.1 Å². The van der Waals surface area contributed by atoms with Crippen LogP contribution in [0.2, 0.25) is 5.02 Å². The highest BCUT2D eigenvalue weighted by molar-refractivity contribution is 7.99. The molecule has 1 aromatic heterocycles. The normalized spacial score (nSPS) is 12.7. The summed E-state index contributed by atoms with van der Waals surface area (Å²) in [5, 5.41) is -0.809. The maximum Gasteiger partial charge on any atom is 0.416 e. The number of ether oxygens (including phenoxy) is 1. The van der Waals surface area contributed by atoms with Crippen molar-refractivity contribution in [1.29, 1.82) is 0 Å². The van der Waals surface area contributed by atoms with Gasteiger partial charge in [-0.25, -0.2) is 13.6 Å². The number of hydrogen-bond donors (Lipinski definition) is 0. The molecule has 3 rings (SSSR count). The molecule has 2 aromatic carbocycles. The molecule has 1 unspecified atom stereocenters. The van der Waals surface area contributed by atoms with Gasteiger partial charge < -0.3 is 4.74 Å². The van der Waals surface area contributed by atoms with Gasteiger partial charge in [-0.1, -0.05) is 11.6 Å². The molecule has 172 valence electrons. The van der Waals surface area contributed by atoms with Crippen molar-refractivity contribution in [3.05, 3.63) is 99.8 Å². The number of carbonyl (C=O) groups is 1. The highest BCUT2D eigenvalue weighted by Gasteiger charge is 2.30. The van der Waals surface area contributed by atoms with E-state index in [0.29, 0.717) is 10.5 Å². The molecule has 3 nitrogen and oxygen atoms in total. The molecule has 10 heteroatoms. The molecule has 0 amide bonds. The Labute approximate surface area is 195 Å². The molecule has 0 aliphatic carbocycles. The van der Waals surface area contributed by atoms with Crippen LogP contribution in [0.1, 0.15) is 27.6 Å².